The molecular weight excluding hydrogens is 478 g/mol. The van der Waals surface area contributed by atoms with Crippen molar-refractivity contribution < 1.29 is 4.39 Å². The molecule has 1 unspecified atom stereocenters. The number of halogens is 2. The number of aliphatic imine (C=N–C) groups is 1. The summed E-state index contributed by atoms with van der Waals surface area (Å²) in [5.74, 6) is 1.27. The van der Waals surface area contributed by atoms with Gasteiger partial charge in [0, 0.05) is 33.2 Å². The Bertz CT molecular complexity index is 782. The summed E-state index contributed by atoms with van der Waals surface area (Å²) in [7, 11) is 1.78. The normalized spacial score (nSPS) is 17.1. The van der Waals surface area contributed by atoms with Gasteiger partial charge in [-0.2, -0.15) is 0 Å². The Balaban J connectivity index is 0.00000300. The predicted octanol–water partition coefficient (Wildman–Crippen LogP) is 3.98. The fourth-order valence-electron chi connectivity index (χ4n) is 3.68. The Morgan fingerprint density at radius 3 is 2.66 bits per heavy atom. The summed E-state index contributed by atoms with van der Waals surface area (Å²) >= 11 is 0. The molecule has 0 aliphatic carbocycles. The SMILES string of the molecule is CN=C(NCc1ccc(F)c(C)c1)NCC1CCN(CCc2ccccc2)C1.I. The van der Waals surface area contributed by atoms with Crippen LogP contribution in [0.4, 0.5) is 4.39 Å². The number of nitrogens with one attached hydrogen (secondary N) is 2. The summed E-state index contributed by atoms with van der Waals surface area (Å²) in [5, 5.41) is 6.76. The Labute approximate surface area is 191 Å². The van der Waals surface area contributed by atoms with Gasteiger partial charge < -0.3 is 15.5 Å². The van der Waals surface area contributed by atoms with E-state index in [-0.39, 0.29) is 29.8 Å². The molecule has 2 N–H and O–H groups in total. The molecule has 0 amide bonds. The number of benzene rings is 2. The van der Waals surface area contributed by atoms with E-state index in [0.29, 0.717) is 18.0 Å². The van der Waals surface area contributed by atoms with E-state index in [0.717, 1.165) is 37.6 Å². The van der Waals surface area contributed by atoms with Crippen LogP contribution in [0, 0.1) is 18.7 Å². The largest absolute Gasteiger partial charge is 0.356 e. The summed E-state index contributed by atoms with van der Waals surface area (Å²) in [4.78, 5) is 6.86. The van der Waals surface area contributed by atoms with Gasteiger partial charge in [-0.15, -0.1) is 24.0 Å². The maximum absolute atomic E-state index is 13.4. The van der Waals surface area contributed by atoms with E-state index in [4.69, 9.17) is 0 Å². The fourth-order valence-corrected chi connectivity index (χ4v) is 3.68. The minimum absolute atomic E-state index is 0. The van der Waals surface area contributed by atoms with Gasteiger partial charge in [-0.25, -0.2) is 4.39 Å². The van der Waals surface area contributed by atoms with Crippen LogP contribution >= 0.6 is 24.0 Å². The average molecular weight is 510 g/mol. The van der Waals surface area contributed by atoms with Crippen molar-refractivity contribution in [1.29, 1.82) is 0 Å². The lowest BCUT2D eigenvalue weighted by Gasteiger charge is -2.17. The van der Waals surface area contributed by atoms with Crippen LogP contribution in [0.15, 0.2) is 53.5 Å². The van der Waals surface area contributed by atoms with Crippen LogP contribution in [0.2, 0.25) is 0 Å². The number of hydrogen-bond acceptors (Lipinski definition) is 2. The van der Waals surface area contributed by atoms with E-state index in [1.807, 2.05) is 12.1 Å². The highest BCUT2D eigenvalue weighted by molar-refractivity contribution is 14.0. The van der Waals surface area contributed by atoms with Gasteiger partial charge >= 0.3 is 0 Å². The van der Waals surface area contributed by atoms with Crippen molar-refractivity contribution in [2.45, 2.75) is 26.3 Å². The molecule has 1 atom stereocenters. The second-order valence-corrected chi connectivity index (χ2v) is 7.58. The van der Waals surface area contributed by atoms with Crippen LogP contribution in [0.3, 0.4) is 0 Å². The zero-order chi connectivity index (χ0) is 19.8. The van der Waals surface area contributed by atoms with Gasteiger partial charge in [0.25, 0.3) is 0 Å². The van der Waals surface area contributed by atoms with E-state index >= 15 is 0 Å². The van der Waals surface area contributed by atoms with Gasteiger partial charge in [0.2, 0.25) is 0 Å². The maximum atomic E-state index is 13.4. The van der Waals surface area contributed by atoms with Crippen molar-refractivity contribution >= 4 is 29.9 Å². The summed E-state index contributed by atoms with van der Waals surface area (Å²) in [6.45, 7) is 6.76. The number of likely N-dealkylation sites (tertiary alicyclic amines) is 1. The molecule has 1 aliphatic rings. The molecule has 1 saturated heterocycles. The molecule has 1 heterocycles. The molecule has 158 valence electrons. The van der Waals surface area contributed by atoms with Crippen LogP contribution in [0.1, 0.15) is 23.1 Å². The second kappa shape index (κ2) is 12.1. The fraction of sp³-hybridized carbons (Fsp3) is 0.435. The first-order valence-electron chi connectivity index (χ1n) is 10.1. The Hall–Kier alpha value is -1.67. The summed E-state index contributed by atoms with van der Waals surface area (Å²) in [6.07, 6.45) is 2.33. The number of rotatable bonds is 7. The lowest BCUT2D eigenvalue weighted by Crippen LogP contribution is -2.40. The molecule has 4 nitrogen and oxygen atoms in total. The monoisotopic (exact) mass is 510 g/mol. The summed E-state index contributed by atoms with van der Waals surface area (Å²) in [6, 6.07) is 15.9. The number of nitrogens with zero attached hydrogens (tertiary/aromatic N) is 2. The molecule has 2 aromatic rings. The molecule has 6 heteroatoms. The number of guanidine groups is 1. The Morgan fingerprint density at radius 1 is 1.14 bits per heavy atom. The smallest absolute Gasteiger partial charge is 0.191 e. The van der Waals surface area contributed by atoms with Crippen LogP contribution in [-0.4, -0.2) is 44.1 Å². The lowest BCUT2D eigenvalue weighted by molar-refractivity contribution is 0.328. The average Bonchev–Trinajstić information content (AvgIpc) is 3.18. The van der Waals surface area contributed by atoms with Crippen molar-refractivity contribution in [3.05, 3.63) is 71.0 Å². The highest BCUT2D eigenvalue weighted by atomic mass is 127. The van der Waals surface area contributed by atoms with E-state index in [2.05, 4.69) is 50.9 Å². The van der Waals surface area contributed by atoms with E-state index in [1.165, 1.54) is 24.6 Å². The second-order valence-electron chi connectivity index (χ2n) is 7.58. The zero-order valence-corrected chi connectivity index (χ0v) is 19.7. The quantitative estimate of drug-likeness (QED) is 0.337. The van der Waals surface area contributed by atoms with Crippen LogP contribution < -0.4 is 10.6 Å². The molecule has 29 heavy (non-hydrogen) atoms. The molecule has 0 spiro atoms. The third kappa shape index (κ3) is 7.59. The number of aryl methyl sites for hydroxylation is 1. The Morgan fingerprint density at radius 2 is 1.93 bits per heavy atom. The molecule has 0 bridgehead atoms. The van der Waals surface area contributed by atoms with Crippen molar-refractivity contribution in [2.75, 3.05) is 33.2 Å². The maximum Gasteiger partial charge on any atom is 0.191 e. The third-order valence-electron chi connectivity index (χ3n) is 5.39. The van der Waals surface area contributed by atoms with Gasteiger partial charge in [-0.3, -0.25) is 4.99 Å². The molecule has 0 aromatic heterocycles. The van der Waals surface area contributed by atoms with Crippen LogP contribution in [-0.2, 0) is 13.0 Å². The van der Waals surface area contributed by atoms with E-state index in [9.17, 15) is 4.39 Å². The Kier molecular flexibility index (Phi) is 9.87. The van der Waals surface area contributed by atoms with Crippen molar-refractivity contribution in [3.8, 4) is 0 Å². The van der Waals surface area contributed by atoms with Crippen LogP contribution in [0.25, 0.3) is 0 Å². The molecule has 2 aromatic carbocycles. The first-order chi connectivity index (χ1) is 13.6. The molecule has 1 fully saturated rings. The minimum atomic E-state index is -0.163. The molecule has 0 saturated carbocycles. The third-order valence-corrected chi connectivity index (χ3v) is 5.39. The van der Waals surface area contributed by atoms with Gasteiger partial charge in [0.1, 0.15) is 5.82 Å². The summed E-state index contributed by atoms with van der Waals surface area (Å²) < 4.78 is 13.4. The zero-order valence-electron chi connectivity index (χ0n) is 17.3. The van der Waals surface area contributed by atoms with Gasteiger partial charge in [0.05, 0.1) is 0 Å². The molecular formula is C23H32FIN4. The van der Waals surface area contributed by atoms with E-state index < -0.39 is 0 Å². The van der Waals surface area contributed by atoms with E-state index in [1.54, 1.807) is 14.0 Å². The highest BCUT2D eigenvalue weighted by Gasteiger charge is 2.22. The number of hydrogen-bond donors (Lipinski definition) is 2. The topological polar surface area (TPSA) is 39.7 Å². The molecule has 0 radical (unpaired) electrons. The molecule has 3 rings (SSSR count). The standard InChI is InChI=1S/C23H31FN4.HI/c1-18-14-20(8-9-22(18)24)15-26-23(25-2)27-16-21-11-13-28(17-21)12-10-19-6-4-3-5-7-19;/h3-9,14,21H,10-13,15-17H2,1-2H3,(H2,25,26,27);1H. The first kappa shape index (κ1) is 23.6. The van der Waals surface area contributed by atoms with Crippen molar-refractivity contribution in [1.82, 2.24) is 15.5 Å². The first-order valence-corrected chi connectivity index (χ1v) is 10.1. The van der Waals surface area contributed by atoms with Gasteiger partial charge in [0.15, 0.2) is 5.96 Å². The van der Waals surface area contributed by atoms with Gasteiger partial charge in [-0.1, -0.05) is 42.5 Å². The lowest BCUT2D eigenvalue weighted by atomic mass is 10.1. The predicted molar refractivity (Wildman–Crippen MR) is 129 cm³/mol. The van der Waals surface area contributed by atoms with Gasteiger partial charge in [-0.05, 0) is 55.0 Å². The molecule has 1 aliphatic heterocycles. The van der Waals surface area contributed by atoms with Crippen molar-refractivity contribution in [3.63, 3.8) is 0 Å². The van der Waals surface area contributed by atoms with Crippen LogP contribution in [0.5, 0.6) is 0 Å². The highest BCUT2D eigenvalue weighted by Crippen LogP contribution is 2.16. The van der Waals surface area contributed by atoms with Crippen molar-refractivity contribution in [2.24, 2.45) is 10.9 Å². The minimum Gasteiger partial charge on any atom is -0.356 e. The summed E-state index contributed by atoms with van der Waals surface area (Å²) in [5.41, 5.74) is 3.13.